The number of hydrogen-bond acceptors (Lipinski definition) is 3. The quantitative estimate of drug-likeness (QED) is 0.670. The highest BCUT2D eigenvalue weighted by Crippen LogP contribution is 2.40. The Bertz CT molecular complexity index is 614. The van der Waals surface area contributed by atoms with E-state index in [0.717, 1.165) is 0 Å². The van der Waals surface area contributed by atoms with Crippen molar-refractivity contribution >= 4 is 16.4 Å². The van der Waals surface area contributed by atoms with Crippen molar-refractivity contribution in [3.63, 3.8) is 0 Å². The summed E-state index contributed by atoms with van der Waals surface area (Å²) in [5.41, 5.74) is 1.05. The molecule has 0 bridgehead atoms. The van der Waals surface area contributed by atoms with Gasteiger partial charge < -0.3 is 0 Å². The second-order valence-corrected chi connectivity index (χ2v) is 4.63. The molecule has 0 N–H and O–H groups in total. The minimum atomic E-state index is -1.35. The molecular formula is C14H12N2OS. The lowest BCUT2D eigenvalue weighted by Gasteiger charge is -1.97. The molecule has 1 aromatic rings. The van der Waals surface area contributed by atoms with Gasteiger partial charge in [0.15, 0.2) is 0 Å². The Labute approximate surface area is 109 Å². The first-order chi connectivity index (χ1) is 8.70. The predicted molar refractivity (Wildman–Crippen MR) is 71.5 cm³/mol. The van der Waals surface area contributed by atoms with Gasteiger partial charge >= 0.3 is 0 Å². The van der Waals surface area contributed by atoms with Crippen LogP contribution in [0.25, 0.3) is 5.57 Å². The summed E-state index contributed by atoms with van der Waals surface area (Å²) in [6.07, 6.45) is 0. The Hall–Kier alpha value is -2.17. The summed E-state index contributed by atoms with van der Waals surface area (Å²) in [6.45, 7) is 7.69. The Morgan fingerprint density at radius 1 is 1.22 bits per heavy atom. The van der Waals surface area contributed by atoms with Gasteiger partial charge in [0.25, 0.3) is 0 Å². The lowest BCUT2D eigenvalue weighted by Crippen LogP contribution is -1.86. The second-order valence-electron chi connectivity index (χ2n) is 3.16. The first-order valence-electron chi connectivity index (χ1n) is 5.45. The normalized spacial score (nSPS) is 15.9. The number of benzene rings is 1. The molecule has 0 saturated heterocycles. The van der Waals surface area contributed by atoms with Gasteiger partial charge in [0.1, 0.15) is 17.7 Å². The number of allylic oxidation sites excluding steroid dienone is 2. The first-order valence-corrected chi connectivity index (χ1v) is 6.60. The number of nitrogens with zero attached hydrogens (tertiary/aromatic N) is 2. The molecule has 90 valence electrons. The topological polar surface area (TPSA) is 64.7 Å². The third-order valence-electron chi connectivity index (χ3n) is 2.33. The molecule has 2 rings (SSSR count). The predicted octanol–water partition coefficient (Wildman–Crippen LogP) is 3.15. The molecule has 0 saturated carbocycles. The van der Waals surface area contributed by atoms with E-state index in [-0.39, 0.29) is 5.57 Å². The molecule has 1 unspecified atom stereocenters. The molecular weight excluding hydrogens is 244 g/mol. The molecule has 1 heterocycles. The highest BCUT2D eigenvalue weighted by Gasteiger charge is 2.29. The van der Waals surface area contributed by atoms with Gasteiger partial charge in [0, 0.05) is 16.0 Å². The number of rotatable bonds is 0. The molecule has 0 fully saturated rings. The Balaban J connectivity index is 0.000000771. The van der Waals surface area contributed by atoms with Crippen molar-refractivity contribution in [2.24, 2.45) is 0 Å². The van der Waals surface area contributed by atoms with E-state index in [0.29, 0.717) is 20.9 Å². The van der Waals surface area contributed by atoms with Gasteiger partial charge in [0.05, 0.1) is 15.7 Å². The summed E-state index contributed by atoms with van der Waals surface area (Å²) >= 11 is 0. The summed E-state index contributed by atoms with van der Waals surface area (Å²) in [4.78, 5) is 0.949. The van der Waals surface area contributed by atoms with Crippen LogP contribution in [0.2, 0.25) is 0 Å². The summed E-state index contributed by atoms with van der Waals surface area (Å²) < 4.78 is 11.9. The minimum Gasteiger partial charge on any atom is -0.249 e. The van der Waals surface area contributed by atoms with E-state index < -0.39 is 10.8 Å². The molecule has 1 aromatic carbocycles. The van der Waals surface area contributed by atoms with Gasteiger partial charge in [-0.05, 0) is 6.07 Å². The summed E-state index contributed by atoms with van der Waals surface area (Å²) in [7, 11) is -1.35. The Morgan fingerprint density at radius 3 is 2.33 bits per heavy atom. The average Bonchev–Trinajstić information content (AvgIpc) is 2.68. The monoisotopic (exact) mass is 256 g/mol. The maximum absolute atomic E-state index is 11.9. The first kappa shape index (κ1) is 13.9. The standard InChI is InChI=1S/C12H6N2OS.C2H6/c1-8-12(9(6-13)7-14)10-4-2-3-5-11(10)16(8)15;1-2/h2-5H,1H2;1-2H3. The fraction of sp³-hybridized carbons (Fsp3) is 0.143. The summed E-state index contributed by atoms with van der Waals surface area (Å²) in [5.74, 6) is 0. The lowest BCUT2D eigenvalue weighted by atomic mass is 10.0. The van der Waals surface area contributed by atoms with Crippen LogP contribution in [0.15, 0.2) is 46.2 Å². The van der Waals surface area contributed by atoms with E-state index >= 15 is 0 Å². The van der Waals surface area contributed by atoms with Crippen molar-refractivity contribution in [1.29, 1.82) is 10.5 Å². The van der Waals surface area contributed by atoms with E-state index in [9.17, 15) is 4.21 Å². The molecule has 1 aliphatic heterocycles. The highest BCUT2D eigenvalue weighted by molar-refractivity contribution is 7.90. The van der Waals surface area contributed by atoms with E-state index in [1.165, 1.54) is 0 Å². The summed E-state index contributed by atoms with van der Waals surface area (Å²) in [6, 6.07) is 10.6. The zero-order chi connectivity index (χ0) is 13.7. The second kappa shape index (κ2) is 5.95. The zero-order valence-corrected chi connectivity index (χ0v) is 11.0. The molecule has 0 amide bonds. The molecule has 0 spiro atoms. The highest BCUT2D eigenvalue weighted by atomic mass is 32.2. The van der Waals surface area contributed by atoms with E-state index in [2.05, 4.69) is 6.58 Å². The largest absolute Gasteiger partial charge is 0.249 e. The maximum atomic E-state index is 11.9. The van der Waals surface area contributed by atoms with Gasteiger partial charge in [-0.2, -0.15) is 10.5 Å². The van der Waals surface area contributed by atoms with Crippen LogP contribution in [0.3, 0.4) is 0 Å². The third-order valence-corrected chi connectivity index (χ3v) is 3.74. The smallest absolute Gasteiger partial charge is 0.138 e. The van der Waals surface area contributed by atoms with Gasteiger partial charge in [0.2, 0.25) is 0 Å². The van der Waals surface area contributed by atoms with Crippen LogP contribution in [0, 0.1) is 22.7 Å². The van der Waals surface area contributed by atoms with Crippen LogP contribution >= 0.6 is 0 Å². The molecule has 1 atom stereocenters. The maximum Gasteiger partial charge on any atom is 0.138 e. The van der Waals surface area contributed by atoms with Crippen molar-refractivity contribution in [3.8, 4) is 12.1 Å². The molecule has 0 aromatic heterocycles. The molecule has 0 aliphatic carbocycles. The fourth-order valence-electron chi connectivity index (χ4n) is 1.62. The molecule has 1 aliphatic rings. The van der Waals surface area contributed by atoms with Crippen molar-refractivity contribution in [2.75, 3.05) is 0 Å². The SMILES string of the molecule is C=C1C(=C(C#N)C#N)c2ccccc2S1=O.CC. The van der Waals surface area contributed by atoms with Crippen LogP contribution in [0.1, 0.15) is 19.4 Å². The van der Waals surface area contributed by atoms with Crippen molar-refractivity contribution < 1.29 is 4.21 Å². The van der Waals surface area contributed by atoms with Crippen molar-refractivity contribution in [2.45, 2.75) is 18.7 Å². The van der Waals surface area contributed by atoms with Crippen LogP contribution in [-0.4, -0.2) is 4.21 Å². The number of hydrogen-bond donors (Lipinski definition) is 0. The number of nitriles is 2. The fourth-order valence-corrected chi connectivity index (χ4v) is 2.86. The van der Waals surface area contributed by atoms with Crippen LogP contribution in [0.5, 0.6) is 0 Å². The van der Waals surface area contributed by atoms with Gasteiger partial charge in [-0.1, -0.05) is 38.6 Å². The van der Waals surface area contributed by atoms with Crippen molar-refractivity contribution in [1.82, 2.24) is 0 Å². The van der Waals surface area contributed by atoms with E-state index in [1.807, 2.05) is 26.0 Å². The van der Waals surface area contributed by atoms with Gasteiger partial charge in [-0.15, -0.1) is 0 Å². The van der Waals surface area contributed by atoms with Crippen LogP contribution < -0.4 is 0 Å². The van der Waals surface area contributed by atoms with E-state index in [4.69, 9.17) is 10.5 Å². The minimum absolute atomic E-state index is 0.0386. The molecule has 18 heavy (non-hydrogen) atoms. The molecule has 0 radical (unpaired) electrons. The van der Waals surface area contributed by atoms with Gasteiger partial charge in [-0.25, -0.2) is 4.21 Å². The molecule has 4 heteroatoms. The van der Waals surface area contributed by atoms with Crippen LogP contribution in [0.4, 0.5) is 0 Å². The van der Waals surface area contributed by atoms with Gasteiger partial charge in [-0.3, -0.25) is 0 Å². The van der Waals surface area contributed by atoms with Crippen LogP contribution in [-0.2, 0) is 10.8 Å². The number of fused-ring (bicyclic) bond motifs is 1. The van der Waals surface area contributed by atoms with Crippen molar-refractivity contribution in [3.05, 3.63) is 46.9 Å². The zero-order valence-electron chi connectivity index (χ0n) is 10.2. The average molecular weight is 256 g/mol. The third kappa shape index (κ3) is 2.11. The lowest BCUT2D eigenvalue weighted by molar-refractivity contribution is 0.688. The van der Waals surface area contributed by atoms with E-state index in [1.54, 1.807) is 24.3 Å². The molecule has 3 nitrogen and oxygen atoms in total. The Morgan fingerprint density at radius 2 is 1.78 bits per heavy atom. The Kier molecular flexibility index (Phi) is 4.59. The summed E-state index contributed by atoms with van der Waals surface area (Å²) in [5, 5.41) is 17.7.